The van der Waals surface area contributed by atoms with E-state index in [4.69, 9.17) is 4.74 Å². The van der Waals surface area contributed by atoms with Gasteiger partial charge in [-0.15, -0.1) is 0 Å². The van der Waals surface area contributed by atoms with Gasteiger partial charge in [-0.05, 0) is 46.1 Å². The Bertz CT molecular complexity index is 408. The van der Waals surface area contributed by atoms with Gasteiger partial charge >= 0.3 is 0 Å². The van der Waals surface area contributed by atoms with Crippen molar-refractivity contribution in [1.29, 1.82) is 0 Å². The summed E-state index contributed by atoms with van der Waals surface area (Å²) in [5.41, 5.74) is 3.80. The molecule has 1 aliphatic rings. The fourth-order valence-electron chi connectivity index (χ4n) is 3.11. The van der Waals surface area contributed by atoms with Gasteiger partial charge in [-0.2, -0.15) is 5.10 Å². The van der Waals surface area contributed by atoms with Crippen molar-refractivity contribution in [1.82, 2.24) is 15.1 Å². The van der Waals surface area contributed by atoms with Crippen molar-refractivity contribution >= 4 is 0 Å². The van der Waals surface area contributed by atoms with Crippen molar-refractivity contribution in [3.8, 4) is 0 Å². The summed E-state index contributed by atoms with van der Waals surface area (Å²) in [5, 5.41) is 8.15. The molecule has 1 aliphatic heterocycles. The van der Waals surface area contributed by atoms with Crippen LogP contribution < -0.4 is 5.32 Å². The molecule has 0 aromatic carbocycles. The third-order valence-electron chi connectivity index (χ3n) is 4.17. The van der Waals surface area contributed by atoms with Gasteiger partial charge in [-0.1, -0.05) is 6.92 Å². The van der Waals surface area contributed by atoms with Crippen LogP contribution in [0.3, 0.4) is 0 Å². The molecule has 1 N–H and O–H groups in total. The van der Waals surface area contributed by atoms with Gasteiger partial charge in [0.1, 0.15) is 0 Å². The lowest BCUT2D eigenvalue weighted by molar-refractivity contribution is 0.0996. The van der Waals surface area contributed by atoms with Gasteiger partial charge in [-0.25, -0.2) is 0 Å². The summed E-state index contributed by atoms with van der Waals surface area (Å²) in [4.78, 5) is 0. The van der Waals surface area contributed by atoms with Gasteiger partial charge in [0.25, 0.3) is 0 Å². The number of ether oxygens (including phenoxy) is 1. The minimum atomic E-state index is 0.405. The first-order valence-corrected chi connectivity index (χ1v) is 7.48. The van der Waals surface area contributed by atoms with Crippen LogP contribution in [-0.4, -0.2) is 29.0 Å². The van der Waals surface area contributed by atoms with Gasteiger partial charge in [0.15, 0.2) is 0 Å². The van der Waals surface area contributed by atoms with Gasteiger partial charge in [-0.3, -0.25) is 4.68 Å². The maximum atomic E-state index is 5.73. The molecule has 0 amide bonds. The van der Waals surface area contributed by atoms with Gasteiger partial charge < -0.3 is 10.1 Å². The molecule has 0 radical (unpaired) electrons. The highest BCUT2D eigenvalue weighted by Crippen LogP contribution is 2.27. The van der Waals surface area contributed by atoms with E-state index in [0.717, 1.165) is 31.7 Å². The predicted molar refractivity (Wildman–Crippen MR) is 77.3 cm³/mol. The van der Waals surface area contributed by atoms with Crippen LogP contribution in [0.2, 0.25) is 0 Å². The van der Waals surface area contributed by atoms with Gasteiger partial charge in [0.05, 0.1) is 11.8 Å². The van der Waals surface area contributed by atoms with Gasteiger partial charge in [0, 0.05) is 31.0 Å². The van der Waals surface area contributed by atoms with Crippen molar-refractivity contribution in [2.75, 3.05) is 13.2 Å². The van der Waals surface area contributed by atoms with Crippen LogP contribution in [-0.2, 0) is 11.8 Å². The molecule has 0 bridgehead atoms. The Morgan fingerprint density at radius 3 is 2.79 bits per heavy atom. The Balaban J connectivity index is 2.05. The third kappa shape index (κ3) is 3.37. The minimum absolute atomic E-state index is 0.405. The molecule has 2 unspecified atom stereocenters. The lowest BCUT2D eigenvalue weighted by atomic mass is 9.97. The summed E-state index contributed by atoms with van der Waals surface area (Å²) in [6, 6.07) is 0.405. The summed E-state index contributed by atoms with van der Waals surface area (Å²) >= 11 is 0. The Labute approximate surface area is 116 Å². The summed E-state index contributed by atoms with van der Waals surface area (Å²) in [5.74, 6) is 0. The summed E-state index contributed by atoms with van der Waals surface area (Å²) in [7, 11) is 2.02. The van der Waals surface area contributed by atoms with Crippen LogP contribution in [0, 0.1) is 13.8 Å². The molecule has 19 heavy (non-hydrogen) atoms. The summed E-state index contributed by atoms with van der Waals surface area (Å²) in [6.07, 6.45) is 5.20. The highest BCUT2D eigenvalue weighted by atomic mass is 16.5. The molecule has 108 valence electrons. The quantitative estimate of drug-likeness (QED) is 0.859. The van der Waals surface area contributed by atoms with Crippen LogP contribution in [0.25, 0.3) is 0 Å². The fraction of sp³-hybridized carbons (Fsp3) is 0.800. The fourth-order valence-corrected chi connectivity index (χ4v) is 3.11. The monoisotopic (exact) mass is 265 g/mol. The number of aromatic nitrogens is 2. The van der Waals surface area contributed by atoms with E-state index in [1.165, 1.54) is 24.1 Å². The van der Waals surface area contributed by atoms with Crippen LogP contribution in [0.5, 0.6) is 0 Å². The van der Waals surface area contributed by atoms with Crippen LogP contribution in [0.15, 0.2) is 0 Å². The van der Waals surface area contributed by atoms with E-state index < -0.39 is 0 Å². The molecule has 1 saturated heterocycles. The number of hydrogen-bond acceptors (Lipinski definition) is 3. The molecule has 2 rings (SSSR count). The van der Waals surface area contributed by atoms with Crippen molar-refractivity contribution < 1.29 is 4.74 Å². The first kappa shape index (κ1) is 14.5. The average Bonchev–Trinajstić information content (AvgIpc) is 2.96. The van der Waals surface area contributed by atoms with Crippen LogP contribution in [0.1, 0.15) is 55.6 Å². The van der Waals surface area contributed by atoms with Gasteiger partial charge in [0.2, 0.25) is 0 Å². The molecule has 1 aromatic heterocycles. The predicted octanol–water partition coefficient (Wildman–Crippen LogP) is 2.65. The largest absolute Gasteiger partial charge is 0.378 e. The molecule has 4 heteroatoms. The normalized spacial score (nSPS) is 20.9. The minimum Gasteiger partial charge on any atom is -0.378 e. The zero-order chi connectivity index (χ0) is 13.8. The van der Waals surface area contributed by atoms with E-state index in [1.54, 1.807) is 0 Å². The second kappa shape index (κ2) is 6.53. The Hall–Kier alpha value is -0.870. The first-order chi connectivity index (χ1) is 9.13. The van der Waals surface area contributed by atoms with Crippen molar-refractivity contribution in [2.45, 2.75) is 58.6 Å². The maximum Gasteiger partial charge on any atom is 0.0644 e. The van der Waals surface area contributed by atoms with E-state index in [1.807, 2.05) is 11.7 Å². The Morgan fingerprint density at radius 2 is 2.26 bits per heavy atom. The smallest absolute Gasteiger partial charge is 0.0644 e. The molecular formula is C15H27N3O. The molecule has 2 atom stereocenters. The molecule has 0 saturated carbocycles. The number of nitrogens with zero attached hydrogens (tertiary/aromatic N) is 2. The molecular weight excluding hydrogens is 238 g/mol. The first-order valence-electron chi connectivity index (χ1n) is 7.48. The van der Waals surface area contributed by atoms with Crippen molar-refractivity contribution in [3.63, 3.8) is 0 Å². The number of rotatable bonds is 6. The van der Waals surface area contributed by atoms with E-state index in [-0.39, 0.29) is 0 Å². The number of aryl methyl sites for hydroxylation is 2. The molecule has 0 spiro atoms. The van der Waals surface area contributed by atoms with E-state index >= 15 is 0 Å². The average molecular weight is 265 g/mol. The maximum absolute atomic E-state index is 5.73. The third-order valence-corrected chi connectivity index (χ3v) is 4.17. The van der Waals surface area contributed by atoms with E-state index in [0.29, 0.717) is 12.1 Å². The van der Waals surface area contributed by atoms with Crippen molar-refractivity contribution in [2.24, 2.45) is 7.05 Å². The molecule has 2 heterocycles. The second-order valence-corrected chi connectivity index (χ2v) is 5.53. The topological polar surface area (TPSA) is 39.1 Å². The second-order valence-electron chi connectivity index (χ2n) is 5.53. The zero-order valence-electron chi connectivity index (χ0n) is 12.7. The Morgan fingerprint density at radius 1 is 1.47 bits per heavy atom. The molecule has 1 fully saturated rings. The zero-order valence-corrected chi connectivity index (χ0v) is 12.7. The lowest BCUT2D eigenvalue weighted by Crippen LogP contribution is -2.23. The standard InChI is InChI=1S/C15H27N3O/c1-5-16-14(9-8-13-7-6-10-19-13)15-11(2)17-18(4)12(15)3/h13-14,16H,5-10H2,1-4H3. The molecule has 0 aliphatic carbocycles. The van der Waals surface area contributed by atoms with E-state index in [9.17, 15) is 0 Å². The molecule has 4 nitrogen and oxygen atoms in total. The highest BCUT2D eigenvalue weighted by Gasteiger charge is 2.22. The summed E-state index contributed by atoms with van der Waals surface area (Å²) < 4.78 is 7.72. The Kier molecular flexibility index (Phi) is 4.99. The van der Waals surface area contributed by atoms with Crippen molar-refractivity contribution in [3.05, 3.63) is 17.0 Å². The number of hydrogen-bond donors (Lipinski definition) is 1. The van der Waals surface area contributed by atoms with E-state index in [2.05, 4.69) is 31.2 Å². The lowest BCUT2D eigenvalue weighted by Gasteiger charge is -2.20. The van der Waals surface area contributed by atoms with Crippen LogP contribution in [0.4, 0.5) is 0 Å². The number of nitrogens with one attached hydrogen (secondary N) is 1. The summed E-state index contributed by atoms with van der Waals surface area (Å²) in [6.45, 7) is 8.37. The molecule has 1 aromatic rings. The van der Waals surface area contributed by atoms with Crippen LogP contribution >= 0.6 is 0 Å². The highest BCUT2D eigenvalue weighted by molar-refractivity contribution is 5.28. The SMILES string of the molecule is CCNC(CCC1CCCO1)c1c(C)nn(C)c1C.